The van der Waals surface area contributed by atoms with Crippen molar-refractivity contribution >= 4 is 21.8 Å². The third kappa shape index (κ3) is 2.68. The number of nitrogens with two attached hydrogens (primary N) is 1. The number of aromatic nitrogens is 1. The van der Waals surface area contributed by atoms with Gasteiger partial charge in [-0.05, 0) is 30.4 Å². The monoisotopic (exact) mass is 320 g/mol. The smallest absolute Gasteiger partial charge is 0.222 e. The van der Waals surface area contributed by atoms with Gasteiger partial charge in [0.1, 0.15) is 5.69 Å². The Labute approximate surface area is 121 Å². The standard InChI is InChI=1S/C15H17BrN2O/c16-13-8-11(14-9-15(17)19-18-14)6-7-12(13)10-4-2-1-3-5-10/h6-10H,1-5,17H2. The van der Waals surface area contributed by atoms with Crippen LogP contribution in [-0.2, 0) is 0 Å². The van der Waals surface area contributed by atoms with Crippen molar-refractivity contribution in [2.45, 2.75) is 38.0 Å². The summed E-state index contributed by atoms with van der Waals surface area (Å²) < 4.78 is 6.08. The first-order valence-electron chi connectivity index (χ1n) is 6.76. The number of benzene rings is 1. The number of nitrogen functional groups attached to an aromatic ring is 1. The van der Waals surface area contributed by atoms with Crippen LogP contribution in [-0.4, -0.2) is 5.16 Å². The van der Waals surface area contributed by atoms with Gasteiger partial charge in [0.15, 0.2) is 0 Å². The first kappa shape index (κ1) is 12.7. The highest BCUT2D eigenvalue weighted by Gasteiger charge is 2.18. The molecule has 1 fully saturated rings. The number of halogens is 1. The molecule has 19 heavy (non-hydrogen) atoms. The Morgan fingerprint density at radius 3 is 2.58 bits per heavy atom. The highest BCUT2D eigenvalue weighted by atomic mass is 79.9. The van der Waals surface area contributed by atoms with Crippen LogP contribution in [0, 0.1) is 0 Å². The molecule has 0 saturated heterocycles. The largest absolute Gasteiger partial charge is 0.368 e. The summed E-state index contributed by atoms with van der Waals surface area (Å²) in [6.45, 7) is 0. The van der Waals surface area contributed by atoms with E-state index < -0.39 is 0 Å². The van der Waals surface area contributed by atoms with Crippen LogP contribution in [0.5, 0.6) is 0 Å². The molecule has 1 aliphatic rings. The fraction of sp³-hybridized carbons (Fsp3) is 0.400. The quantitative estimate of drug-likeness (QED) is 0.869. The van der Waals surface area contributed by atoms with Crippen molar-refractivity contribution in [1.82, 2.24) is 5.16 Å². The summed E-state index contributed by atoms with van der Waals surface area (Å²) in [4.78, 5) is 0. The molecule has 0 amide bonds. The van der Waals surface area contributed by atoms with E-state index in [1.807, 2.05) is 0 Å². The van der Waals surface area contributed by atoms with E-state index >= 15 is 0 Å². The molecule has 1 saturated carbocycles. The molecular formula is C15H17BrN2O. The molecule has 2 aromatic rings. The zero-order valence-electron chi connectivity index (χ0n) is 10.7. The van der Waals surface area contributed by atoms with Crippen LogP contribution in [0.2, 0.25) is 0 Å². The van der Waals surface area contributed by atoms with E-state index in [0.29, 0.717) is 11.8 Å². The summed E-state index contributed by atoms with van der Waals surface area (Å²) in [5.41, 5.74) is 8.80. The lowest BCUT2D eigenvalue weighted by Gasteiger charge is -2.23. The Morgan fingerprint density at radius 2 is 1.95 bits per heavy atom. The lowest BCUT2D eigenvalue weighted by Crippen LogP contribution is -2.05. The van der Waals surface area contributed by atoms with E-state index in [-0.39, 0.29) is 0 Å². The molecule has 4 heteroatoms. The van der Waals surface area contributed by atoms with Crippen molar-refractivity contribution in [3.05, 3.63) is 34.3 Å². The van der Waals surface area contributed by atoms with Crippen LogP contribution in [0.25, 0.3) is 11.3 Å². The fourth-order valence-corrected chi connectivity index (χ4v) is 3.56. The van der Waals surface area contributed by atoms with E-state index in [2.05, 4.69) is 39.3 Å². The van der Waals surface area contributed by atoms with Crippen LogP contribution < -0.4 is 5.73 Å². The maximum Gasteiger partial charge on any atom is 0.222 e. The molecule has 3 nitrogen and oxygen atoms in total. The first-order valence-corrected chi connectivity index (χ1v) is 7.55. The minimum Gasteiger partial charge on any atom is -0.368 e. The van der Waals surface area contributed by atoms with Crippen molar-refractivity contribution < 1.29 is 4.52 Å². The van der Waals surface area contributed by atoms with Crippen LogP contribution in [0.3, 0.4) is 0 Å². The van der Waals surface area contributed by atoms with Gasteiger partial charge < -0.3 is 10.3 Å². The average molecular weight is 321 g/mol. The van der Waals surface area contributed by atoms with Gasteiger partial charge in [-0.15, -0.1) is 0 Å². The maximum atomic E-state index is 5.56. The first-order chi connectivity index (χ1) is 9.24. The Morgan fingerprint density at radius 1 is 1.16 bits per heavy atom. The Bertz CT molecular complexity index is 573. The molecule has 0 unspecified atom stereocenters. The number of anilines is 1. The number of hydrogen-bond acceptors (Lipinski definition) is 3. The molecule has 0 aliphatic heterocycles. The summed E-state index contributed by atoms with van der Waals surface area (Å²) in [6, 6.07) is 8.18. The van der Waals surface area contributed by atoms with Gasteiger partial charge in [-0.2, -0.15) is 0 Å². The van der Waals surface area contributed by atoms with Gasteiger partial charge in [0.25, 0.3) is 0 Å². The number of hydrogen-bond donors (Lipinski definition) is 1. The van der Waals surface area contributed by atoms with E-state index in [1.165, 1.54) is 42.1 Å². The Balaban J connectivity index is 1.89. The third-order valence-corrected chi connectivity index (χ3v) is 4.56. The molecule has 2 N–H and O–H groups in total. The van der Waals surface area contributed by atoms with Gasteiger partial charge in [-0.1, -0.05) is 52.5 Å². The predicted octanol–water partition coefficient (Wildman–Crippen LogP) is 4.73. The van der Waals surface area contributed by atoms with Crippen molar-refractivity contribution in [2.24, 2.45) is 0 Å². The average Bonchev–Trinajstić information content (AvgIpc) is 2.86. The van der Waals surface area contributed by atoms with E-state index in [1.54, 1.807) is 6.07 Å². The topological polar surface area (TPSA) is 52.0 Å². The SMILES string of the molecule is Nc1cc(-c2ccc(C3CCCCC3)c(Br)c2)no1. The molecule has 1 heterocycles. The second-order valence-corrected chi connectivity index (χ2v) is 6.04. The highest BCUT2D eigenvalue weighted by molar-refractivity contribution is 9.10. The molecule has 0 bridgehead atoms. The van der Waals surface area contributed by atoms with E-state index in [9.17, 15) is 0 Å². The molecule has 3 rings (SSSR count). The minimum absolute atomic E-state index is 0.350. The van der Waals surface area contributed by atoms with Gasteiger partial charge in [-0.25, -0.2) is 0 Å². The Hall–Kier alpha value is -1.29. The third-order valence-electron chi connectivity index (χ3n) is 3.87. The van der Waals surface area contributed by atoms with Gasteiger partial charge in [0, 0.05) is 16.1 Å². The Kier molecular flexibility index (Phi) is 3.60. The van der Waals surface area contributed by atoms with Gasteiger partial charge in [-0.3, -0.25) is 0 Å². The molecule has 100 valence electrons. The van der Waals surface area contributed by atoms with Crippen LogP contribution >= 0.6 is 15.9 Å². The number of rotatable bonds is 2. The van der Waals surface area contributed by atoms with Crippen molar-refractivity contribution in [3.8, 4) is 11.3 Å². The van der Waals surface area contributed by atoms with E-state index in [0.717, 1.165) is 11.3 Å². The van der Waals surface area contributed by atoms with Crippen LogP contribution in [0.1, 0.15) is 43.6 Å². The summed E-state index contributed by atoms with van der Waals surface area (Å²) in [5, 5.41) is 3.95. The molecule has 0 atom stereocenters. The van der Waals surface area contributed by atoms with Gasteiger partial charge in [0.2, 0.25) is 5.88 Å². The molecule has 0 radical (unpaired) electrons. The minimum atomic E-state index is 0.350. The summed E-state index contributed by atoms with van der Waals surface area (Å²) in [6.07, 6.45) is 6.67. The highest BCUT2D eigenvalue weighted by Crippen LogP contribution is 2.37. The van der Waals surface area contributed by atoms with Crippen LogP contribution in [0.15, 0.2) is 33.3 Å². The number of nitrogens with zero attached hydrogens (tertiary/aromatic N) is 1. The predicted molar refractivity (Wildman–Crippen MR) is 79.9 cm³/mol. The molecule has 1 aliphatic carbocycles. The van der Waals surface area contributed by atoms with Gasteiger partial charge in [0.05, 0.1) is 0 Å². The molecule has 1 aromatic carbocycles. The second kappa shape index (κ2) is 5.37. The zero-order chi connectivity index (χ0) is 13.2. The lowest BCUT2D eigenvalue weighted by atomic mass is 9.84. The van der Waals surface area contributed by atoms with Crippen molar-refractivity contribution in [3.63, 3.8) is 0 Å². The molecule has 0 spiro atoms. The second-order valence-electron chi connectivity index (χ2n) is 5.19. The van der Waals surface area contributed by atoms with Crippen molar-refractivity contribution in [1.29, 1.82) is 0 Å². The summed E-state index contributed by atoms with van der Waals surface area (Å²) in [5.74, 6) is 1.04. The zero-order valence-corrected chi connectivity index (χ0v) is 12.3. The van der Waals surface area contributed by atoms with E-state index in [4.69, 9.17) is 10.3 Å². The van der Waals surface area contributed by atoms with Gasteiger partial charge >= 0.3 is 0 Å². The van der Waals surface area contributed by atoms with Crippen molar-refractivity contribution in [2.75, 3.05) is 5.73 Å². The lowest BCUT2D eigenvalue weighted by molar-refractivity contribution is 0.439. The summed E-state index contributed by atoms with van der Waals surface area (Å²) in [7, 11) is 0. The normalized spacial score (nSPS) is 16.7. The fourth-order valence-electron chi connectivity index (χ4n) is 2.86. The maximum absolute atomic E-state index is 5.56. The molecular weight excluding hydrogens is 304 g/mol. The summed E-state index contributed by atoms with van der Waals surface area (Å²) >= 11 is 3.70. The van der Waals surface area contributed by atoms with Crippen LogP contribution in [0.4, 0.5) is 5.88 Å². The molecule has 1 aromatic heterocycles.